The van der Waals surface area contributed by atoms with Crippen LogP contribution in [0.1, 0.15) is 26.3 Å². The fourth-order valence-corrected chi connectivity index (χ4v) is 2.60. The van der Waals surface area contributed by atoms with Crippen LogP contribution in [-0.2, 0) is 11.3 Å². The lowest BCUT2D eigenvalue weighted by molar-refractivity contribution is -0.147. The molecule has 0 unspecified atom stereocenters. The van der Waals surface area contributed by atoms with Gasteiger partial charge in [-0.1, -0.05) is 0 Å². The normalized spacial score (nSPS) is 19.2. The molecule has 1 aromatic rings. The number of pyridine rings is 1. The zero-order valence-electron chi connectivity index (χ0n) is 12.8. The van der Waals surface area contributed by atoms with Crippen LogP contribution in [0, 0.1) is 0 Å². The number of nitrogens with zero attached hydrogens (tertiary/aromatic N) is 3. The Labute approximate surface area is 121 Å². The van der Waals surface area contributed by atoms with Crippen molar-refractivity contribution in [1.29, 1.82) is 0 Å². The molecule has 2 heterocycles. The Hall–Kier alpha value is -1.62. The lowest BCUT2D eigenvalue weighted by Gasteiger charge is -2.44. The van der Waals surface area contributed by atoms with E-state index in [-0.39, 0.29) is 5.91 Å². The Morgan fingerprint density at radius 2 is 2.15 bits per heavy atom. The molecule has 110 valence electrons. The van der Waals surface area contributed by atoms with Crippen molar-refractivity contribution in [2.24, 2.45) is 0 Å². The van der Waals surface area contributed by atoms with E-state index in [1.54, 1.807) is 0 Å². The van der Waals surface area contributed by atoms with Gasteiger partial charge in [0, 0.05) is 39.4 Å². The number of amides is 1. The monoisotopic (exact) mass is 276 g/mol. The van der Waals surface area contributed by atoms with Gasteiger partial charge in [-0.2, -0.15) is 0 Å². The van der Waals surface area contributed by atoms with Crippen LogP contribution in [-0.4, -0.2) is 52.9 Å². The molecular formula is C15H24N4O. The van der Waals surface area contributed by atoms with Gasteiger partial charge < -0.3 is 10.2 Å². The third-order valence-electron chi connectivity index (χ3n) is 3.92. The van der Waals surface area contributed by atoms with E-state index in [0.29, 0.717) is 0 Å². The number of hydrogen-bond acceptors (Lipinski definition) is 4. The number of hydrogen-bond donors (Lipinski definition) is 1. The first-order chi connectivity index (χ1) is 9.45. The van der Waals surface area contributed by atoms with E-state index in [1.807, 2.05) is 38.1 Å². The van der Waals surface area contributed by atoms with Crippen molar-refractivity contribution in [3.05, 3.63) is 23.9 Å². The maximum absolute atomic E-state index is 12.3. The molecule has 20 heavy (non-hydrogen) atoms. The van der Waals surface area contributed by atoms with Gasteiger partial charge in [0.1, 0.15) is 5.82 Å². The van der Waals surface area contributed by atoms with Gasteiger partial charge in [-0.25, -0.2) is 4.98 Å². The second kappa shape index (κ2) is 5.79. The SMILES string of the molecule is CCNc1cc(CN2CCN(C)C(=O)C2(C)C)ccn1. The molecule has 0 spiro atoms. The van der Waals surface area contributed by atoms with Crippen LogP contribution >= 0.6 is 0 Å². The van der Waals surface area contributed by atoms with Crippen molar-refractivity contribution in [2.45, 2.75) is 32.9 Å². The number of carbonyl (C=O) groups excluding carboxylic acids is 1. The summed E-state index contributed by atoms with van der Waals surface area (Å²) in [6.45, 7) is 9.36. The highest BCUT2D eigenvalue weighted by molar-refractivity contribution is 5.86. The molecule has 0 saturated carbocycles. The smallest absolute Gasteiger partial charge is 0.242 e. The van der Waals surface area contributed by atoms with Gasteiger partial charge in [-0.05, 0) is 38.5 Å². The average Bonchev–Trinajstić information content (AvgIpc) is 2.41. The second-order valence-corrected chi connectivity index (χ2v) is 5.79. The van der Waals surface area contributed by atoms with E-state index in [4.69, 9.17) is 0 Å². The Balaban J connectivity index is 2.13. The highest BCUT2D eigenvalue weighted by Gasteiger charge is 2.40. The predicted octanol–water partition coefficient (Wildman–Crippen LogP) is 1.57. The lowest BCUT2D eigenvalue weighted by atomic mass is 9.97. The molecule has 1 aromatic heterocycles. The van der Waals surface area contributed by atoms with Crippen LogP contribution < -0.4 is 5.32 Å². The summed E-state index contributed by atoms with van der Waals surface area (Å²) in [7, 11) is 1.87. The summed E-state index contributed by atoms with van der Waals surface area (Å²) in [6.07, 6.45) is 1.82. The quantitative estimate of drug-likeness (QED) is 0.907. The van der Waals surface area contributed by atoms with Gasteiger partial charge in [0.05, 0.1) is 5.54 Å². The molecule has 0 bridgehead atoms. The summed E-state index contributed by atoms with van der Waals surface area (Å²) in [5.74, 6) is 1.08. The Bertz CT molecular complexity index is 487. The minimum Gasteiger partial charge on any atom is -0.370 e. The molecule has 1 amide bonds. The predicted molar refractivity (Wildman–Crippen MR) is 80.5 cm³/mol. The third-order valence-corrected chi connectivity index (χ3v) is 3.92. The van der Waals surface area contributed by atoms with E-state index in [9.17, 15) is 4.79 Å². The van der Waals surface area contributed by atoms with Gasteiger partial charge in [-0.3, -0.25) is 9.69 Å². The molecule has 5 nitrogen and oxygen atoms in total. The lowest BCUT2D eigenvalue weighted by Crippen LogP contribution is -2.61. The number of likely N-dealkylation sites (N-methyl/N-ethyl adjacent to an activating group) is 1. The Morgan fingerprint density at radius 3 is 2.85 bits per heavy atom. The molecule has 5 heteroatoms. The number of rotatable bonds is 4. The first kappa shape index (κ1) is 14.8. The average molecular weight is 276 g/mol. The van der Waals surface area contributed by atoms with Crippen molar-refractivity contribution in [3.63, 3.8) is 0 Å². The summed E-state index contributed by atoms with van der Waals surface area (Å²) in [4.78, 5) is 20.6. The van der Waals surface area contributed by atoms with Crippen LogP contribution in [0.15, 0.2) is 18.3 Å². The third kappa shape index (κ3) is 2.93. The number of carbonyl (C=O) groups is 1. The van der Waals surface area contributed by atoms with Crippen molar-refractivity contribution in [3.8, 4) is 0 Å². The molecule has 0 aliphatic carbocycles. The van der Waals surface area contributed by atoms with Gasteiger partial charge >= 0.3 is 0 Å². The second-order valence-electron chi connectivity index (χ2n) is 5.79. The van der Waals surface area contributed by atoms with Crippen LogP contribution in [0.3, 0.4) is 0 Å². The van der Waals surface area contributed by atoms with E-state index < -0.39 is 5.54 Å². The molecule has 0 aromatic carbocycles. The molecule has 1 aliphatic heterocycles. The van der Waals surface area contributed by atoms with Crippen LogP contribution in [0.4, 0.5) is 5.82 Å². The molecule has 0 atom stereocenters. The molecular weight excluding hydrogens is 252 g/mol. The minimum absolute atomic E-state index is 0.185. The summed E-state index contributed by atoms with van der Waals surface area (Å²) in [6, 6.07) is 4.07. The van der Waals surface area contributed by atoms with E-state index in [1.165, 1.54) is 5.56 Å². The highest BCUT2D eigenvalue weighted by atomic mass is 16.2. The number of anilines is 1. The van der Waals surface area contributed by atoms with Crippen molar-refractivity contribution in [1.82, 2.24) is 14.8 Å². The zero-order valence-corrected chi connectivity index (χ0v) is 12.8. The number of nitrogens with one attached hydrogen (secondary N) is 1. The molecule has 1 saturated heterocycles. The zero-order chi connectivity index (χ0) is 14.8. The van der Waals surface area contributed by atoms with E-state index >= 15 is 0 Å². The van der Waals surface area contributed by atoms with Crippen LogP contribution in [0.2, 0.25) is 0 Å². The standard InChI is InChI=1S/C15H24N4O/c1-5-16-13-10-12(6-7-17-13)11-19-9-8-18(4)14(20)15(19,2)3/h6-7,10H,5,8-9,11H2,1-4H3,(H,16,17). The van der Waals surface area contributed by atoms with Gasteiger partial charge in [0.2, 0.25) is 5.91 Å². The van der Waals surface area contributed by atoms with E-state index in [0.717, 1.165) is 32.0 Å². The summed E-state index contributed by atoms with van der Waals surface area (Å²) in [5.41, 5.74) is 0.732. The van der Waals surface area contributed by atoms with Crippen LogP contribution in [0.5, 0.6) is 0 Å². The first-order valence-electron chi connectivity index (χ1n) is 7.14. The van der Waals surface area contributed by atoms with Gasteiger partial charge in [0.25, 0.3) is 0 Å². The fraction of sp³-hybridized carbons (Fsp3) is 0.600. The molecule has 1 fully saturated rings. The molecule has 1 aliphatic rings. The summed E-state index contributed by atoms with van der Waals surface area (Å²) in [5, 5.41) is 3.22. The Morgan fingerprint density at radius 1 is 1.40 bits per heavy atom. The number of aromatic nitrogens is 1. The highest BCUT2D eigenvalue weighted by Crippen LogP contribution is 2.24. The number of piperazine rings is 1. The van der Waals surface area contributed by atoms with E-state index in [2.05, 4.69) is 28.2 Å². The van der Waals surface area contributed by atoms with Crippen LogP contribution in [0.25, 0.3) is 0 Å². The molecule has 1 N–H and O–H groups in total. The maximum Gasteiger partial charge on any atom is 0.242 e. The minimum atomic E-state index is -0.450. The fourth-order valence-electron chi connectivity index (χ4n) is 2.60. The molecule has 0 radical (unpaired) electrons. The first-order valence-corrected chi connectivity index (χ1v) is 7.14. The summed E-state index contributed by atoms with van der Waals surface area (Å²) >= 11 is 0. The Kier molecular flexibility index (Phi) is 4.28. The summed E-state index contributed by atoms with van der Waals surface area (Å²) < 4.78 is 0. The largest absolute Gasteiger partial charge is 0.370 e. The van der Waals surface area contributed by atoms with Gasteiger partial charge in [-0.15, -0.1) is 0 Å². The van der Waals surface area contributed by atoms with Crippen molar-refractivity contribution in [2.75, 3.05) is 32.0 Å². The topological polar surface area (TPSA) is 48.5 Å². The maximum atomic E-state index is 12.3. The molecule has 2 rings (SSSR count). The van der Waals surface area contributed by atoms with Gasteiger partial charge in [0.15, 0.2) is 0 Å². The van der Waals surface area contributed by atoms with Crippen molar-refractivity contribution < 1.29 is 4.79 Å². The van der Waals surface area contributed by atoms with Crippen molar-refractivity contribution >= 4 is 11.7 Å².